The predicted octanol–water partition coefficient (Wildman–Crippen LogP) is 4.67. The Hall–Kier alpha value is -1.65. The Kier molecular flexibility index (Phi) is 9.89. The van der Waals surface area contributed by atoms with Crippen molar-refractivity contribution in [3.63, 3.8) is 0 Å². The van der Waals surface area contributed by atoms with Gasteiger partial charge in [0.1, 0.15) is 12.2 Å². The van der Waals surface area contributed by atoms with Crippen LogP contribution in [0.1, 0.15) is 36.2 Å². The molecule has 0 saturated heterocycles. The summed E-state index contributed by atoms with van der Waals surface area (Å²) < 4.78 is 2.06. The molecule has 0 fully saturated rings. The van der Waals surface area contributed by atoms with Gasteiger partial charge in [0.15, 0.2) is 5.96 Å². The second-order valence-corrected chi connectivity index (χ2v) is 7.85. The lowest BCUT2D eigenvalue weighted by Crippen LogP contribution is -2.40. The number of guanidine groups is 1. The third kappa shape index (κ3) is 7.27. The number of rotatable bonds is 8. The lowest BCUT2D eigenvalue weighted by Gasteiger charge is -2.19. The molecule has 1 aromatic carbocycles. The van der Waals surface area contributed by atoms with Crippen molar-refractivity contribution in [2.45, 2.75) is 39.4 Å². The highest BCUT2D eigenvalue weighted by Gasteiger charge is 2.09. The maximum Gasteiger partial charge on any atom is 0.192 e. The summed E-state index contributed by atoms with van der Waals surface area (Å²) in [6, 6.07) is 12.1. The monoisotopic (exact) mass is 544 g/mol. The number of aliphatic imine (C=N–C) groups is 1. The average molecular weight is 545 g/mol. The summed E-state index contributed by atoms with van der Waals surface area (Å²) in [5.41, 5.74) is 1.15. The van der Waals surface area contributed by atoms with Crippen molar-refractivity contribution in [2.75, 3.05) is 6.54 Å². The fraction of sp³-hybridized carbons (Fsp3) is 0.350. The Morgan fingerprint density at radius 1 is 1.28 bits per heavy atom. The fourth-order valence-corrected chi connectivity index (χ4v) is 3.54. The molecule has 3 aromatic rings. The van der Waals surface area contributed by atoms with E-state index in [-0.39, 0.29) is 30.0 Å². The van der Waals surface area contributed by atoms with E-state index in [0.717, 1.165) is 41.9 Å². The van der Waals surface area contributed by atoms with Crippen molar-refractivity contribution in [1.82, 2.24) is 25.4 Å². The Bertz CT molecular complexity index is 879. The lowest BCUT2D eigenvalue weighted by molar-refractivity contribution is 0.619. The van der Waals surface area contributed by atoms with Gasteiger partial charge in [-0.3, -0.25) is 0 Å². The second kappa shape index (κ2) is 12.1. The molecule has 3 rings (SSSR count). The molecular weight excluding hydrogens is 519 g/mol. The molecule has 6 nitrogen and oxygen atoms in total. The molecule has 2 heterocycles. The molecule has 0 bridgehead atoms. The van der Waals surface area contributed by atoms with Gasteiger partial charge in [-0.2, -0.15) is 0 Å². The fourth-order valence-electron chi connectivity index (χ4n) is 2.79. The number of hydrogen-bond donors (Lipinski definition) is 2. The summed E-state index contributed by atoms with van der Waals surface area (Å²) in [6.45, 7) is 6.35. The summed E-state index contributed by atoms with van der Waals surface area (Å²) in [5, 5.41) is 17.8. The number of thiophene rings is 1. The van der Waals surface area contributed by atoms with Crippen LogP contribution in [0, 0.1) is 0 Å². The van der Waals surface area contributed by atoms with Crippen LogP contribution in [-0.2, 0) is 19.5 Å². The van der Waals surface area contributed by atoms with Crippen LogP contribution < -0.4 is 10.6 Å². The van der Waals surface area contributed by atoms with Crippen LogP contribution >= 0.6 is 46.9 Å². The van der Waals surface area contributed by atoms with Crippen LogP contribution in [-0.4, -0.2) is 27.3 Å². The molecule has 0 aliphatic carbocycles. The number of nitrogens with one attached hydrogen (secondary N) is 2. The summed E-state index contributed by atoms with van der Waals surface area (Å²) >= 11 is 7.71. The van der Waals surface area contributed by atoms with E-state index in [1.165, 1.54) is 4.88 Å². The quantitative estimate of drug-likeness (QED) is 0.246. The van der Waals surface area contributed by atoms with E-state index >= 15 is 0 Å². The third-order valence-electron chi connectivity index (χ3n) is 4.35. The molecule has 9 heteroatoms. The van der Waals surface area contributed by atoms with Gasteiger partial charge >= 0.3 is 0 Å². The molecule has 2 N–H and O–H groups in total. The van der Waals surface area contributed by atoms with Crippen molar-refractivity contribution < 1.29 is 0 Å². The zero-order valence-electron chi connectivity index (χ0n) is 16.5. The molecule has 1 unspecified atom stereocenters. The predicted molar refractivity (Wildman–Crippen MR) is 131 cm³/mol. The number of aryl methyl sites for hydroxylation is 1. The van der Waals surface area contributed by atoms with Gasteiger partial charge in [-0.1, -0.05) is 36.7 Å². The highest BCUT2D eigenvalue weighted by atomic mass is 127. The zero-order chi connectivity index (χ0) is 19.8. The average Bonchev–Trinajstić information content (AvgIpc) is 3.38. The summed E-state index contributed by atoms with van der Waals surface area (Å²) in [6.07, 6.45) is 2.64. The lowest BCUT2D eigenvalue weighted by atomic mass is 10.1. The highest BCUT2D eigenvalue weighted by molar-refractivity contribution is 14.0. The van der Waals surface area contributed by atoms with Crippen molar-refractivity contribution in [1.29, 1.82) is 0 Å². The minimum atomic E-state index is 0. The second-order valence-electron chi connectivity index (χ2n) is 6.38. The van der Waals surface area contributed by atoms with E-state index in [9.17, 15) is 0 Å². The van der Waals surface area contributed by atoms with Crippen molar-refractivity contribution >= 4 is 52.9 Å². The van der Waals surface area contributed by atoms with E-state index in [0.29, 0.717) is 6.54 Å². The SMILES string of the molecule is CCc1nncn1CCNC(=NCc1cccs1)NC(C)c1ccc(Cl)cc1.I. The Labute approximate surface area is 197 Å². The zero-order valence-corrected chi connectivity index (χ0v) is 20.4. The van der Waals surface area contributed by atoms with Gasteiger partial charge in [0.05, 0.1) is 12.6 Å². The Morgan fingerprint density at radius 3 is 2.76 bits per heavy atom. The minimum Gasteiger partial charge on any atom is -0.355 e. The maximum atomic E-state index is 6.00. The van der Waals surface area contributed by atoms with Crippen LogP contribution in [0.2, 0.25) is 5.02 Å². The molecule has 0 spiro atoms. The van der Waals surface area contributed by atoms with Gasteiger partial charge in [-0.15, -0.1) is 45.5 Å². The van der Waals surface area contributed by atoms with Crippen LogP contribution in [0.4, 0.5) is 0 Å². The first kappa shape index (κ1) is 23.6. The largest absolute Gasteiger partial charge is 0.355 e. The molecule has 0 amide bonds. The number of benzene rings is 1. The van der Waals surface area contributed by atoms with Crippen LogP contribution in [0.5, 0.6) is 0 Å². The number of halogens is 2. The van der Waals surface area contributed by atoms with Crippen LogP contribution in [0.15, 0.2) is 53.1 Å². The number of hydrogen-bond acceptors (Lipinski definition) is 4. The van der Waals surface area contributed by atoms with Gasteiger partial charge in [0, 0.05) is 29.4 Å². The van der Waals surface area contributed by atoms with Gasteiger partial charge in [-0.05, 0) is 36.1 Å². The van der Waals surface area contributed by atoms with E-state index in [2.05, 4.69) is 50.7 Å². The third-order valence-corrected chi connectivity index (χ3v) is 5.47. The smallest absolute Gasteiger partial charge is 0.192 e. The van der Waals surface area contributed by atoms with Crippen LogP contribution in [0.3, 0.4) is 0 Å². The van der Waals surface area contributed by atoms with Crippen molar-refractivity contribution in [3.8, 4) is 0 Å². The first-order chi connectivity index (χ1) is 13.7. The van der Waals surface area contributed by atoms with Crippen LogP contribution in [0.25, 0.3) is 0 Å². The molecule has 0 aliphatic rings. The molecule has 156 valence electrons. The highest BCUT2D eigenvalue weighted by Crippen LogP contribution is 2.16. The topological polar surface area (TPSA) is 67.1 Å². The maximum absolute atomic E-state index is 6.00. The number of aromatic nitrogens is 3. The number of nitrogens with zero attached hydrogens (tertiary/aromatic N) is 4. The summed E-state index contributed by atoms with van der Waals surface area (Å²) in [5.74, 6) is 1.77. The molecule has 0 radical (unpaired) electrons. The van der Waals surface area contributed by atoms with Gasteiger partial charge < -0.3 is 15.2 Å². The molecular formula is C20H26ClIN6S. The standard InChI is InChI=1S/C20H25ClN6S.HI/c1-3-19-26-24-14-27(19)11-10-22-20(23-13-18-5-4-12-28-18)25-15(2)16-6-8-17(21)9-7-16;/h4-9,12,14-15H,3,10-11,13H2,1-2H3,(H2,22,23,25);1H. The first-order valence-electron chi connectivity index (χ1n) is 9.35. The van der Waals surface area contributed by atoms with E-state index in [1.54, 1.807) is 17.7 Å². The van der Waals surface area contributed by atoms with Crippen molar-refractivity contribution in [3.05, 3.63) is 69.4 Å². The molecule has 1 atom stereocenters. The Morgan fingerprint density at radius 2 is 2.07 bits per heavy atom. The van der Waals surface area contributed by atoms with Gasteiger partial charge in [0.25, 0.3) is 0 Å². The van der Waals surface area contributed by atoms with Gasteiger partial charge in [-0.25, -0.2) is 4.99 Å². The molecule has 29 heavy (non-hydrogen) atoms. The molecule has 0 aliphatic heterocycles. The normalized spacial score (nSPS) is 12.3. The van der Waals surface area contributed by atoms with E-state index in [1.807, 2.05) is 30.3 Å². The van der Waals surface area contributed by atoms with E-state index in [4.69, 9.17) is 16.6 Å². The molecule has 0 saturated carbocycles. The molecule has 2 aromatic heterocycles. The van der Waals surface area contributed by atoms with Gasteiger partial charge in [0.2, 0.25) is 0 Å². The van der Waals surface area contributed by atoms with E-state index < -0.39 is 0 Å². The summed E-state index contributed by atoms with van der Waals surface area (Å²) in [7, 11) is 0. The Balaban J connectivity index is 0.00000300. The van der Waals surface area contributed by atoms with Crippen molar-refractivity contribution in [2.24, 2.45) is 4.99 Å². The first-order valence-corrected chi connectivity index (χ1v) is 10.6. The minimum absolute atomic E-state index is 0. The summed E-state index contributed by atoms with van der Waals surface area (Å²) in [4.78, 5) is 5.98.